The van der Waals surface area contributed by atoms with Crippen molar-refractivity contribution >= 4 is 21.9 Å². The number of ether oxygens (including phenoxy) is 1. The maximum atomic E-state index is 12.5. The van der Waals surface area contributed by atoms with Crippen molar-refractivity contribution in [3.05, 3.63) is 59.7 Å². The van der Waals surface area contributed by atoms with E-state index in [2.05, 4.69) is 10.0 Å². The zero-order chi connectivity index (χ0) is 21.6. The molecule has 3 N–H and O–H groups in total. The Kier molecular flexibility index (Phi) is 7.35. The van der Waals surface area contributed by atoms with E-state index in [0.29, 0.717) is 16.9 Å². The van der Waals surface area contributed by atoms with Crippen molar-refractivity contribution in [2.45, 2.75) is 37.2 Å². The molecule has 1 amide bonds. The molecule has 0 unspecified atom stereocenters. The Hall–Kier alpha value is -2.91. The van der Waals surface area contributed by atoms with E-state index in [9.17, 15) is 23.1 Å². The number of hydrogen-bond acceptors (Lipinski definition) is 5. The highest BCUT2D eigenvalue weighted by Gasteiger charge is 2.27. The van der Waals surface area contributed by atoms with Crippen molar-refractivity contribution < 1.29 is 27.9 Å². The molecule has 2 aromatic carbocycles. The molecular weight excluding hydrogens is 396 g/mol. The van der Waals surface area contributed by atoms with Gasteiger partial charge in [0.2, 0.25) is 15.9 Å². The Labute approximate surface area is 169 Å². The smallest absolute Gasteiger partial charge is 0.326 e. The monoisotopic (exact) mass is 420 g/mol. The predicted molar refractivity (Wildman–Crippen MR) is 107 cm³/mol. The number of rotatable bonds is 9. The second-order valence-corrected chi connectivity index (χ2v) is 8.24. The fourth-order valence-corrected chi connectivity index (χ4v) is 4.15. The van der Waals surface area contributed by atoms with Gasteiger partial charge in [0.1, 0.15) is 11.8 Å². The summed E-state index contributed by atoms with van der Waals surface area (Å²) in [5.41, 5.74) is 1.22. The molecule has 2 aromatic rings. The normalized spacial score (nSPS) is 13.3. The van der Waals surface area contributed by atoms with Crippen molar-refractivity contribution in [1.82, 2.24) is 10.0 Å². The van der Waals surface area contributed by atoms with E-state index < -0.39 is 34.0 Å². The van der Waals surface area contributed by atoms with Crippen LogP contribution in [0.25, 0.3) is 0 Å². The largest absolute Gasteiger partial charge is 0.497 e. The molecule has 0 aliphatic carbocycles. The number of aryl methyl sites for hydroxylation is 1. The van der Waals surface area contributed by atoms with Gasteiger partial charge >= 0.3 is 5.97 Å². The number of hydrogen-bond donors (Lipinski definition) is 3. The number of aliphatic carboxylic acids is 1. The Morgan fingerprint density at radius 3 is 2.28 bits per heavy atom. The minimum absolute atomic E-state index is 0.0440. The zero-order valence-corrected chi connectivity index (χ0v) is 17.2. The fourth-order valence-electron chi connectivity index (χ4n) is 2.70. The minimum Gasteiger partial charge on any atom is -0.497 e. The Morgan fingerprint density at radius 1 is 1.10 bits per heavy atom. The lowest BCUT2D eigenvalue weighted by Crippen LogP contribution is -2.51. The van der Waals surface area contributed by atoms with Crippen molar-refractivity contribution in [2.24, 2.45) is 0 Å². The van der Waals surface area contributed by atoms with Crippen molar-refractivity contribution in [2.75, 3.05) is 7.11 Å². The van der Waals surface area contributed by atoms with Crippen LogP contribution in [0.15, 0.2) is 53.4 Å². The molecule has 0 aromatic heterocycles. The molecule has 0 saturated heterocycles. The summed E-state index contributed by atoms with van der Waals surface area (Å²) in [5, 5.41) is 11.8. The molecule has 0 aliphatic heterocycles. The van der Waals surface area contributed by atoms with Gasteiger partial charge in [0.15, 0.2) is 0 Å². The molecule has 8 nitrogen and oxygen atoms in total. The molecular formula is C20H24N2O6S. The first-order chi connectivity index (χ1) is 13.6. The Balaban J connectivity index is 2.06. The van der Waals surface area contributed by atoms with E-state index in [1.165, 1.54) is 20.1 Å². The maximum Gasteiger partial charge on any atom is 0.326 e. The molecule has 29 heavy (non-hydrogen) atoms. The van der Waals surface area contributed by atoms with Gasteiger partial charge in [0.05, 0.1) is 18.0 Å². The first-order valence-corrected chi connectivity index (χ1v) is 10.4. The predicted octanol–water partition coefficient (Wildman–Crippen LogP) is 1.48. The third kappa shape index (κ3) is 6.03. The van der Waals surface area contributed by atoms with Crippen LogP contribution in [-0.2, 0) is 26.0 Å². The van der Waals surface area contributed by atoms with E-state index in [1.54, 1.807) is 49.4 Å². The number of carboxylic acids is 1. The summed E-state index contributed by atoms with van der Waals surface area (Å²) >= 11 is 0. The molecule has 0 saturated carbocycles. The quantitative estimate of drug-likeness (QED) is 0.565. The van der Waals surface area contributed by atoms with Crippen molar-refractivity contribution in [3.63, 3.8) is 0 Å². The Bertz CT molecular complexity index is 973. The van der Waals surface area contributed by atoms with Gasteiger partial charge in [-0.15, -0.1) is 0 Å². The second kappa shape index (κ2) is 9.53. The van der Waals surface area contributed by atoms with Crippen LogP contribution in [0.2, 0.25) is 0 Å². The van der Waals surface area contributed by atoms with Gasteiger partial charge in [-0.1, -0.05) is 30.3 Å². The van der Waals surface area contributed by atoms with Gasteiger partial charge in [-0.2, -0.15) is 4.72 Å². The van der Waals surface area contributed by atoms with Gasteiger partial charge < -0.3 is 15.2 Å². The summed E-state index contributed by atoms with van der Waals surface area (Å²) < 4.78 is 32.4. The summed E-state index contributed by atoms with van der Waals surface area (Å²) in [4.78, 5) is 24.0. The zero-order valence-electron chi connectivity index (χ0n) is 16.4. The lowest BCUT2D eigenvalue weighted by atomic mass is 10.1. The van der Waals surface area contributed by atoms with Crippen molar-refractivity contribution in [1.29, 1.82) is 0 Å². The van der Waals surface area contributed by atoms with E-state index >= 15 is 0 Å². The number of benzene rings is 2. The van der Waals surface area contributed by atoms with Crippen molar-refractivity contribution in [3.8, 4) is 5.75 Å². The van der Waals surface area contributed by atoms with Crippen LogP contribution in [0, 0.1) is 6.92 Å². The average molecular weight is 420 g/mol. The first kappa shape index (κ1) is 22.4. The first-order valence-electron chi connectivity index (χ1n) is 8.88. The molecule has 2 rings (SSSR count). The lowest BCUT2D eigenvalue weighted by Gasteiger charge is -2.19. The number of methoxy groups -OCH3 is 1. The number of sulfonamides is 1. The third-order valence-corrected chi connectivity index (χ3v) is 6.02. The summed E-state index contributed by atoms with van der Waals surface area (Å²) in [6, 6.07) is 10.8. The van der Waals surface area contributed by atoms with Crippen LogP contribution >= 0.6 is 0 Å². The highest BCUT2D eigenvalue weighted by molar-refractivity contribution is 7.89. The summed E-state index contributed by atoms with van der Waals surface area (Å²) in [6.45, 7) is 3.01. The van der Waals surface area contributed by atoms with E-state index in [-0.39, 0.29) is 11.3 Å². The number of carboxylic acid groups (broad SMARTS) is 1. The molecule has 0 heterocycles. The van der Waals surface area contributed by atoms with Crippen LogP contribution < -0.4 is 14.8 Å². The van der Waals surface area contributed by atoms with Crippen LogP contribution in [0.3, 0.4) is 0 Å². The molecule has 2 atom stereocenters. The molecule has 0 bridgehead atoms. The molecule has 9 heteroatoms. The minimum atomic E-state index is -3.93. The summed E-state index contributed by atoms with van der Waals surface area (Å²) in [5.74, 6) is -1.32. The molecule has 0 aliphatic rings. The van der Waals surface area contributed by atoms with Gasteiger partial charge in [-0.05, 0) is 43.2 Å². The molecule has 0 radical (unpaired) electrons. The number of carbonyl (C=O) groups is 2. The van der Waals surface area contributed by atoms with Gasteiger partial charge in [0.25, 0.3) is 0 Å². The van der Waals surface area contributed by atoms with Crippen LogP contribution in [0.5, 0.6) is 5.75 Å². The van der Waals surface area contributed by atoms with E-state index in [1.807, 2.05) is 0 Å². The second-order valence-electron chi connectivity index (χ2n) is 6.56. The number of carbonyl (C=O) groups excluding carboxylic acids is 1. The summed E-state index contributed by atoms with van der Waals surface area (Å²) in [7, 11) is -2.41. The van der Waals surface area contributed by atoms with Gasteiger partial charge in [-0.3, -0.25) is 4.79 Å². The number of nitrogens with one attached hydrogen (secondary N) is 2. The van der Waals surface area contributed by atoms with E-state index in [4.69, 9.17) is 4.74 Å². The topological polar surface area (TPSA) is 122 Å². The molecule has 156 valence electrons. The fraction of sp³-hybridized carbons (Fsp3) is 0.300. The summed E-state index contributed by atoms with van der Waals surface area (Å²) in [6.07, 6.45) is 0.0440. The van der Waals surface area contributed by atoms with Gasteiger partial charge in [-0.25, -0.2) is 13.2 Å². The third-order valence-electron chi connectivity index (χ3n) is 4.32. The maximum absolute atomic E-state index is 12.5. The average Bonchev–Trinajstić information content (AvgIpc) is 2.67. The van der Waals surface area contributed by atoms with Gasteiger partial charge in [0, 0.05) is 6.42 Å². The van der Waals surface area contributed by atoms with Crippen LogP contribution in [0.4, 0.5) is 0 Å². The SMILES string of the molecule is COc1ccc(C[C@H](NC(=O)[C@H](C)NS(=O)(=O)c2ccccc2C)C(=O)O)cc1. The van der Waals surface area contributed by atoms with E-state index in [0.717, 1.165) is 0 Å². The standard InChI is InChI=1S/C20H24N2O6S/c1-13-6-4-5-7-18(13)29(26,27)22-14(2)19(23)21-17(20(24)25)12-15-8-10-16(28-3)11-9-15/h4-11,14,17,22H,12H2,1-3H3,(H,21,23)(H,24,25)/t14-,17-/m0/s1. The molecule has 0 spiro atoms. The molecule has 0 fully saturated rings. The van der Waals surface area contributed by atoms with Crippen LogP contribution in [-0.4, -0.2) is 44.6 Å². The highest BCUT2D eigenvalue weighted by Crippen LogP contribution is 2.15. The number of amides is 1. The Morgan fingerprint density at radius 2 is 1.72 bits per heavy atom. The lowest BCUT2D eigenvalue weighted by molar-refractivity contribution is -0.141. The van der Waals surface area contributed by atoms with Crippen LogP contribution in [0.1, 0.15) is 18.1 Å². The highest BCUT2D eigenvalue weighted by atomic mass is 32.2.